The third-order valence-corrected chi connectivity index (χ3v) is 6.06. The van der Waals surface area contributed by atoms with Crippen molar-refractivity contribution in [3.63, 3.8) is 0 Å². The molecule has 0 spiro atoms. The van der Waals surface area contributed by atoms with Gasteiger partial charge in [0, 0.05) is 16.7 Å². The first-order valence-corrected chi connectivity index (χ1v) is 12.2. The number of urea groups is 1. The van der Waals surface area contributed by atoms with Gasteiger partial charge >= 0.3 is 6.03 Å². The molecule has 0 aliphatic heterocycles. The van der Waals surface area contributed by atoms with E-state index in [-0.39, 0.29) is 27.6 Å². The number of amides is 2. The zero-order chi connectivity index (χ0) is 27.1. The van der Waals surface area contributed by atoms with Gasteiger partial charge in [-0.25, -0.2) is 26.7 Å². The number of halogens is 2. The van der Waals surface area contributed by atoms with Gasteiger partial charge in [0.05, 0.1) is 6.07 Å². The van der Waals surface area contributed by atoms with Crippen molar-refractivity contribution in [1.29, 1.82) is 5.26 Å². The van der Waals surface area contributed by atoms with Crippen LogP contribution < -0.4 is 14.8 Å². The standard InChI is InChI=1S/C26H27F2N3O4S/c1-17(16-29)9-14-23(18(2)36(33,34)31-25(32)30-26(3,4)5)35-22-8-6-7-21(15-22)19-10-12-20(13-11-19)24(27)28/h6-15,24H,1H2,2-5H3,(H2,30,31,32)/b14-9-,23-18-. The second kappa shape index (κ2) is 11.6. The summed E-state index contributed by atoms with van der Waals surface area (Å²) in [6.45, 7) is 9.86. The number of carbonyl (C=O) groups is 1. The smallest absolute Gasteiger partial charge is 0.329 e. The number of carbonyl (C=O) groups excluding carboxylic acids is 1. The van der Waals surface area contributed by atoms with Crippen molar-refractivity contribution < 1.29 is 26.7 Å². The van der Waals surface area contributed by atoms with Crippen molar-refractivity contribution in [3.05, 3.63) is 89.1 Å². The molecule has 0 unspecified atom stereocenters. The molecule has 2 rings (SSSR count). The lowest BCUT2D eigenvalue weighted by molar-refractivity contribution is 0.151. The molecule has 0 atom stereocenters. The lowest BCUT2D eigenvalue weighted by Crippen LogP contribution is -2.48. The van der Waals surface area contributed by atoms with Crippen LogP contribution in [0.2, 0.25) is 0 Å². The second-order valence-corrected chi connectivity index (χ2v) is 10.6. The number of hydrogen-bond donors (Lipinski definition) is 2. The van der Waals surface area contributed by atoms with Gasteiger partial charge in [-0.05, 0) is 63.1 Å². The normalized spacial score (nSPS) is 12.6. The lowest BCUT2D eigenvalue weighted by Gasteiger charge is -2.21. The number of nitrogens with one attached hydrogen (secondary N) is 2. The number of ether oxygens (including phenoxy) is 1. The molecule has 190 valence electrons. The van der Waals surface area contributed by atoms with Gasteiger partial charge in [-0.2, -0.15) is 5.26 Å². The molecule has 36 heavy (non-hydrogen) atoms. The van der Waals surface area contributed by atoms with E-state index in [9.17, 15) is 22.0 Å². The molecule has 0 heterocycles. The highest BCUT2D eigenvalue weighted by atomic mass is 32.2. The maximum atomic E-state index is 12.9. The summed E-state index contributed by atoms with van der Waals surface area (Å²) in [5.41, 5.74) is 0.556. The largest absolute Gasteiger partial charge is 0.456 e. The van der Waals surface area contributed by atoms with Crippen molar-refractivity contribution in [3.8, 4) is 22.9 Å². The molecule has 7 nitrogen and oxygen atoms in total. The zero-order valence-corrected chi connectivity index (χ0v) is 21.1. The zero-order valence-electron chi connectivity index (χ0n) is 20.3. The molecule has 2 aromatic carbocycles. The Labute approximate surface area is 209 Å². The van der Waals surface area contributed by atoms with E-state index in [1.54, 1.807) is 57.2 Å². The quantitative estimate of drug-likeness (QED) is 0.256. The summed E-state index contributed by atoms with van der Waals surface area (Å²) in [6, 6.07) is 13.2. The molecule has 0 bridgehead atoms. The third kappa shape index (κ3) is 8.36. The fourth-order valence-corrected chi connectivity index (χ4v) is 3.64. The second-order valence-electron chi connectivity index (χ2n) is 8.75. The number of nitrogens with zero attached hydrogens (tertiary/aromatic N) is 1. The van der Waals surface area contributed by atoms with Crippen LogP contribution in [0.25, 0.3) is 11.1 Å². The minimum atomic E-state index is -4.32. The Hall–Kier alpha value is -3.97. The van der Waals surface area contributed by atoms with Crippen molar-refractivity contribution in [2.45, 2.75) is 39.7 Å². The highest BCUT2D eigenvalue weighted by Crippen LogP contribution is 2.28. The first-order chi connectivity index (χ1) is 16.7. The monoisotopic (exact) mass is 515 g/mol. The number of allylic oxidation sites excluding steroid dienone is 4. The van der Waals surface area contributed by atoms with Gasteiger partial charge in [0.15, 0.2) is 0 Å². The van der Waals surface area contributed by atoms with Crippen molar-refractivity contribution in [1.82, 2.24) is 10.0 Å². The summed E-state index contributed by atoms with van der Waals surface area (Å²) in [6.07, 6.45) is -0.0528. The van der Waals surface area contributed by atoms with E-state index in [2.05, 4.69) is 11.9 Å². The Balaban J connectivity index is 2.43. The fraction of sp³-hybridized carbons (Fsp3) is 0.231. The number of hydrogen-bond acceptors (Lipinski definition) is 5. The highest BCUT2D eigenvalue weighted by Gasteiger charge is 2.24. The van der Waals surface area contributed by atoms with Crippen LogP contribution in [0, 0.1) is 11.3 Å². The maximum absolute atomic E-state index is 12.9. The Bertz CT molecular complexity index is 1330. The van der Waals surface area contributed by atoms with Crippen LogP contribution >= 0.6 is 0 Å². The van der Waals surface area contributed by atoms with Gasteiger partial charge in [-0.3, -0.25) is 0 Å². The van der Waals surface area contributed by atoms with E-state index in [1.165, 1.54) is 31.2 Å². The molecule has 2 N–H and O–H groups in total. The van der Waals surface area contributed by atoms with E-state index >= 15 is 0 Å². The summed E-state index contributed by atoms with van der Waals surface area (Å²) in [5, 5.41) is 11.5. The van der Waals surface area contributed by atoms with E-state index in [0.29, 0.717) is 11.1 Å². The van der Waals surface area contributed by atoms with Gasteiger partial charge in [-0.1, -0.05) is 43.0 Å². The summed E-state index contributed by atoms with van der Waals surface area (Å²) >= 11 is 0. The predicted molar refractivity (Wildman–Crippen MR) is 134 cm³/mol. The summed E-state index contributed by atoms with van der Waals surface area (Å²) in [7, 11) is -4.32. The summed E-state index contributed by atoms with van der Waals surface area (Å²) < 4.78 is 59.2. The average Bonchev–Trinajstić information content (AvgIpc) is 2.79. The fourth-order valence-electron chi connectivity index (χ4n) is 2.82. The molecular weight excluding hydrogens is 488 g/mol. The Kier molecular flexibility index (Phi) is 9.14. The predicted octanol–water partition coefficient (Wildman–Crippen LogP) is 5.96. The van der Waals surface area contributed by atoms with Gasteiger partial charge in [-0.15, -0.1) is 0 Å². The van der Waals surface area contributed by atoms with Crippen molar-refractivity contribution in [2.75, 3.05) is 0 Å². The lowest BCUT2D eigenvalue weighted by atomic mass is 10.0. The number of benzene rings is 2. The Morgan fingerprint density at radius 1 is 1.11 bits per heavy atom. The number of alkyl halides is 2. The molecule has 0 aliphatic rings. The molecule has 10 heteroatoms. The first kappa shape index (κ1) is 28.3. The van der Waals surface area contributed by atoms with Gasteiger partial charge in [0.25, 0.3) is 16.4 Å². The number of rotatable bonds is 8. The SMILES string of the molecule is C=C(C#N)/C=C\C(Oc1cccc(-c2ccc(C(F)F)cc2)c1)=C(/C)S(=O)(=O)NC(=O)NC(C)(C)C. The average molecular weight is 516 g/mol. The highest BCUT2D eigenvalue weighted by molar-refractivity contribution is 7.93. The van der Waals surface area contributed by atoms with Crippen LogP contribution in [-0.2, 0) is 10.0 Å². The summed E-state index contributed by atoms with van der Waals surface area (Å²) in [4.78, 5) is 11.8. The molecule has 0 aromatic heterocycles. The van der Waals surface area contributed by atoms with E-state index in [4.69, 9.17) is 10.00 Å². The molecule has 2 amide bonds. The van der Waals surface area contributed by atoms with E-state index < -0.39 is 28.0 Å². The molecule has 0 saturated carbocycles. The minimum absolute atomic E-state index is 0.0487. The van der Waals surface area contributed by atoms with Gasteiger partial charge in [0.1, 0.15) is 16.4 Å². The number of nitriles is 1. The Morgan fingerprint density at radius 2 is 1.75 bits per heavy atom. The third-order valence-electron chi connectivity index (χ3n) is 4.60. The molecule has 0 saturated heterocycles. The van der Waals surface area contributed by atoms with Crippen LogP contribution in [0.15, 0.2) is 83.5 Å². The van der Waals surface area contributed by atoms with Gasteiger partial charge in [0.2, 0.25) is 0 Å². The molecular formula is C26H27F2N3O4S. The Morgan fingerprint density at radius 3 is 2.31 bits per heavy atom. The molecule has 0 fully saturated rings. The topological polar surface area (TPSA) is 108 Å². The van der Waals surface area contributed by atoms with Crippen LogP contribution in [-0.4, -0.2) is 20.0 Å². The summed E-state index contributed by atoms with van der Waals surface area (Å²) in [5.74, 6) is 0.0778. The van der Waals surface area contributed by atoms with Crippen molar-refractivity contribution in [2.24, 2.45) is 0 Å². The van der Waals surface area contributed by atoms with Crippen LogP contribution in [0.3, 0.4) is 0 Å². The van der Waals surface area contributed by atoms with Crippen molar-refractivity contribution >= 4 is 16.1 Å². The molecule has 0 radical (unpaired) electrons. The van der Waals surface area contributed by atoms with Gasteiger partial charge < -0.3 is 10.1 Å². The van der Waals surface area contributed by atoms with E-state index in [0.717, 1.165) is 0 Å². The van der Waals surface area contributed by atoms with E-state index in [1.807, 2.05) is 10.8 Å². The minimum Gasteiger partial charge on any atom is -0.456 e. The maximum Gasteiger partial charge on any atom is 0.329 e. The molecule has 0 aliphatic carbocycles. The number of sulfonamides is 1. The molecule has 2 aromatic rings. The first-order valence-electron chi connectivity index (χ1n) is 10.7. The van der Waals surface area contributed by atoms with Crippen LogP contribution in [0.4, 0.5) is 13.6 Å². The van der Waals surface area contributed by atoms with Crippen LogP contribution in [0.5, 0.6) is 5.75 Å². The van der Waals surface area contributed by atoms with Crippen LogP contribution in [0.1, 0.15) is 39.7 Å².